The van der Waals surface area contributed by atoms with Crippen LogP contribution in [0.3, 0.4) is 0 Å². The molecule has 0 bridgehead atoms. The Morgan fingerprint density at radius 1 is 1.10 bits per heavy atom. The summed E-state index contributed by atoms with van der Waals surface area (Å²) in [7, 11) is 0. The van der Waals surface area contributed by atoms with Gasteiger partial charge < -0.3 is 5.32 Å². The summed E-state index contributed by atoms with van der Waals surface area (Å²) in [6.07, 6.45) is 1.06. The Hall–Kier alpha value is -0.540. The molecular formula is C17H18BrCl2N. The van der Waals surface area contributed by atoms with Gasteiger partial charge in [0.1, 0.15) is 0 Å². The van der Waals surface area contributed by atoms with Gasteiger partial charge in [-0.05, 0) is 66.9 Å². The minimum absolute atomic E-state index is 0.0358. The molecule has 4 heteroatoms. The van der Waals surface area contributed by atoms with E-state index >= 15 is 0 Å². The van der Waals surface area contributed by atoms with Crippen LogP contribution in [0.4, 0.5) is 0 Å². The summed E-state index contributed by atoms with van der Waals surface area (Å²) in [6.45, 7) is 5.18. The number of aryl methyl sites for hydroxylation is 1. The number of halogens is 3. The van der Waals surface area contributed by atoms with Crippen LogP contribution in [0.15, 0.2) is 40.9 Å². The smallest absolute Gasteiger partial charge is 0.0595 e. The average Bonchev–Trinajstić information content (AvgIpc) is 2.46. The minimum atomic E-state index is 0.0358. The highest BCUT2D eigenvalue weighted by atomic mass is 79.9. The Balaban J connectivity index is 2.52. The second kappa shape index (κ2) is 7.64. The number of hydrogen-bond donors (Lipinski definition) is 1. The second-order valence-corrected chi connectivity index (χ2v) is 6.81. The van der Waals surface area contributed by atoms with E-state index in [1.165, 1.54) is 11.1 Å². The lowest BCUT2D eigenvalue weighted by Gasteiger charge is -2.23. The average molecular weight is 387 g/mol. The first-order valence-electron chi connectivity index (χ1n) is 6.97. The summed E-state index contributed by atoms with van der Waals surface area (Å²) < 4.78 is 1.06. The minimum Gasteiger partial charge on any atom is -0.306 e. The van der Waals surface area contributed by atoms with Crippen molar-refractivity contribution in [2.24, 2.45) is 0 Å². The molecule has 0 radical (unpaired) electrons. The Bertz CT molecular complexity index is 577. The zero-order valence-corrected chi connectivity index (χ0v) is 15.2. The van der Waals surface area contributed by atoms with Gasteiger partial charge >= 0.3 is 0 Å². The van der Waals surface area contributed by atoms with Crippen LogP contribution in [0.1, 0.15) is 36.1 Å². The largest absolute Gasteiger partial charge is 0.306 e. The van der Waals surface area contributed by atoms with Crippen LogP contribution in [-0.2, 0) is 0 Å². The van der Waals surface area contributed by atoms with Crippen LogP contribution in [0.2, 0.25) is 10.0 Å². The molecule has 2 aromatic rings. The zero-order chi connectivity index (χ0) is 15.4. The van der Waals surface area contributed by atoms with E-state index in [1.54, 1.807) is 0 Å². The maximum atomic E-state index is 6.40. The molecule has 0 saturated heterocycles. The van der Waals surface area contributed by atoms with Gasteiger partial charge in [0, 0.05) is 14.5 Å². The van der Waals surface area contributed by atoms with Crippen LogP contribution in [0, 0.1) is 6.92 Å². The molecule has 1 unspecified atom stereocenters. The highest BCUT2D eigenvalue weighted by molar-refractivity contribution is 9.10. The van der Waals surface area contributed by atoms with Crippen molar-refractivity contribution in [2.45, 2.75) is 26.3 Å². The summed E-state index contributed by atoms with van der Waals surface area (Å²) in [6, 6.07) is 11.9. The van der Waals surface area contributed by atoms with E-state index in [1.807, 2.05) is 18.2 Å². The summed E-state index contributed by atoms with van der Waals surface area (Å²) in [5, 5.41) is 5.00. The van der Waals surface area contributed by atoms with E-state index in [0.717, 1.165) is 28.0 Å². The lowest BCUT2D eigenvalue weighted by Crippen LogP contribution is -2.24. The first-order valence-corrected chi connectivity index (χ1v) is 8.52. The molecule has 0 heterocycles. The Kier molecular flexibility index (Phi) is 6.12. The molecule has 0 spiro atoms. The van der Waals surface area contributed by atoms with Gasteiger partial charge in [0.2, 0.25) is 0 Å². The van der Waals surface area contributed by atoms with Crippen molar-refractivity contribution in [3.8, 4) is 0 Å². The number of nitrogens with one attached hydrogen (secondary N) is 1. The van der Waals surface area contributed by atoms with Crippen molar-refractivity contribution >= 4 is 39.1 Å². The molecular weight excluding hydrogens is 369 g/mol. The van der Waals surface area contributed by atoms with Gasteiger partial charge in [0.15, 0.2) is 0 Å². The van der Waals surface area contributed by atoms with E-state index in [2.05, 4.69) is 53.3 Å². The standard InChI is InChI=1S/C17H18BrCl2N/c1-3-8-21-17(14-9-12(18)5-4-11(14)2)15-10-13(19)6-7-16(15)20/h4-7,9-10,17,21H,3,8H2,1-2H3. The van der Waals surface area contributed by atoms with Crippen LogP contribution < -0.4 is 5.32 Å². The van der Waals surface area contributed by atoms with Gasteiger partial charge in [-0.2, -0.15) is 0 Å². The van der Waals surface area contributed by atoms with Gasteiger partial charge in [0.25, 0.3) is 0 Å². The lowest BCUT2D eigenvalue weighted by molar-refractivity contribution is 0.596. The Morgan fingerprint density at radius 2 is 1.86 bits per heavy atom. The van der Waals surface area contributed by atoms with Crippen LogP contribution in [0.5, 0.6) is 0 Å². The number of rotatable bonds is 5. The highest BCUT2D eigenvalue weighted by Crippen LogP contribution is 2.33. The molecule has 1 N–H and O–H groups in total. The normalized spacial score (nSPS) is 12.4. The molecule has 0 aliphatic heterocycles. The first-order chi connectivity index (χ1) is 10.0. The predicted molar refractivity (Wildman–Crippen MR) is 95.5 cm³/mol. The molecule has 0 aliphatic rings. The maximum Gasteiger partial charge on any atom is 0.0595 e. The van der Waals surface area contributed by atoms with Crippen molar-refractivity contribution < 1.29 is 0 Å². The van der Waals surface area contributed by atoms with Gasteiger partial charge in [-0.3, -0.25) is 0 Å². The number of hydrogen-bond acceptors (Lipinski definition) is 1. The van der Waals surface area contributed by atoms with Gasteiger partial charge in [-0.25, -0.2) is 0 Å². The van der Waals surface area contributed by atoms with E-state index in [4.69, 9.17) is 23.2 Å². The fraction of sp³-hybridized carbons (Fsp3) is 0.294. The fourth-order valence-electron chi connectivity index (χ4n) is 2.33. The van der Waals surface area contributed by atoms with Crippen molar-refractivity contribution in [1.29, 1.82) is 0 Å². The molecule has 0 fully saturated rings. The van der Waals surface area contributed by atoms with Crippen molar-refractivity contribution in [3.63, 3.8) is 0 Å². The van der Waals surface area contributed by atoms with Crippen molar-refractivity contribution in [3.05, 3.63) is 67.6 Å². The maximum absolute atomic E-state index is 6.40. The third-order valence-electron chi connectivity index (χ3n) is 3.42. The van der Waals surface area contributed by atoms with Gasteiger partial charge in [0.05, 0.1) is 6.04 Å². The third kappa shape index (κ3) is 4.23. The lowest BCUT2D eigenvalue weighted by atomic mass is 9.95. The Morgan fingerprint density at radius 3 is 2.57 bits per heavy atom. The first kappa shape index (κ1) is 16.8. The summed E-state index contributed by atoms with van der Waals surface area (Å²) in [5.41, 5.74) is 3.45. The molecule has 0 aromatic heterocycles. The monoisotopic (exact) mass is 385 g/mol. The zero-order valence-electron chi connectivity index (χ0n) is 12.1. The van der Waals surface area contributed by atoms with Gasteiger partial charge in [-0.15, -0.1) is 0 Å². The van der Waals surface area contributed by atoms with Crippen molar-refractivity contribution in [2.75, 3.05) is 6.54 Å². The van der Waals surface area contributed by atoms with Crippen LogP contribution in [0.25, 0.3) is 0 Å². The summed E-state index contributed by atoms with van der Waals surface area (Å²) in [5.74, 6) is 0. The molecule has 0 amide bonds. The SMILES string of the molecule is CCCNC(c1cc(Br)ccc1C)c1cc(Cl)ccc1Cl. The highest BCUT2D eigenvalue weighted by Gasteiger charge is 2.19. The van der Waals surface area contributed by atoms with Crippen LogP contribution in [-0.4, -0.2) is 6.54 Å². The van der Waals surface area contributed by atoms with E-state index in [-0.39, 0.29) is 6.04 Å². The summed E-state index contributed by atoms with van der Waals surface area (Å²) >= 11 is 16.1. The van der Waals surface area contributed by atoms with E-state index < -0.39 is 0 Å². The van der Waals surface area contributed by atoms with E-state index in [0.29, 0.717) is 5.02 Å². The molecule has 1 nitrogen and oxygen atoms in total. The fourth-order valence-corrected chi connectivity index (χ4v) is 3.12. The molecule has 21 heavy (non-hydrogen) atoms. The van der Waals surface area contributed by atoms with Crippen molar-refractivity contribution in [1.82, 2.24) is 5.32 Å². The predicted octanol–water partition coefficient (Wildman–Crippen LogP) is 6.15. The van der Waals surface area contributed by atoms with E-state index in [9.17, 15) is 0 Å². The molecule has 0 saturated carbocycles. The molecule has 112 valence electrons. The molecule has 1 atom stereocenters. The number of benzene rings is 2. The molecule has 2 rings (SSSR count). The third-order valence-corrected chi connectivity index (χ3v) is 4.49. The molecule has 0 aliphatic carbocycles. The molecule has 2 aromatic carbocycles. The van der Waals surface area contributed by atoms with Gasteiger partial charge in [-0.1, -0.05) is 52.1 Å². The topological polar surface area (TPSA) is 12.0 Å². The Labute approximate surface area is 144 Å². The quantitative estimate of drug-likeness (QED) is 0.649. The summed E-state index contributed by atoms with van der Waals surface area (Å²) in [4.78, 5) is 0. The second-order valence-electron chi connectivity index (χ2n) is 5.05. The van der Waals surface area contributed by atoms with Crippen LogP contribution >= 0.6 is 39.1 Å².